The van der Waals surface area contributed by atoms with Crippen molar-refractivity contribution in [2.45, 2.75) is 6.42 Å². The Kier molecular flexibility index (Phi) is 2.94. The first-order chi connectivity index (χ1) is 9.24. The van der Waals surface area contributed by atoms with Crippen molar-refractivity contribution >= 4 is 22.6 Å². The molecule has 0 amide bonds. The van der Waals surface area contributed by atoms with Gasteiger partial charge in [-0.2, -0.15) is 5.26 Å². The molecule has 0 aliphatic heterocycles. The molecule has 0 saturated carbocycles. The third kappa shape index (κ3) is 2.44. The van der Waals surface area contributed by atoms with E-state index in [1.54, 1.807) is 6.07 Å². The van der Waals surface area contributed by atoms with E-state index in [1.807, 2.05) is 36.4 Å². The normalized spacial score (nSPS) is 10.5. The third-order valence-electron chi connectivity index (χ3n) is 2.92. The summed E-state index contributed by atoms with van der Waals surface area (Å²) in [7, 11) is 0. The Morgan fingerprint density at radius 1 is 1.21 bits per heavy atom. The summed E-state index contributed by atoms with van der Waals surface area (Å²) in [6.07, 6.45) is 0.692. The van der Waals surface area contributed by atoms with Crippen molar-refractivity contribution in [2.75, 3.05) is 0 Å². The Morgan fingerprint density at radius 2 is 2.11 bits per heavy atom. The molecule has 4 heteroatoms. The smallest absolute Gasteiger partial charge is 0.111 e. The van der Waals surface area contributed by atoms with Crippen LogP contribution in [0.4, 0.5) is 0 Å². The number of nitrogens with one attached hydrogen (secondary N) is 1. The summed E-state index contributed by atoms with van der Waals surface area (Å²) >= 11 is 5.96. The summed E-state index contributed by atoms with van der Waals surface area (Å²) in [4.78, 5) is 7.74. The number of aromatic amines is 1. The molecule has 0 aliphatic rings. The molecule has 0 radical (unpaired) electrons. The van der Waals surface area contributed by atoms with Crippen LogP contribution in [0.25, 0.3) is 11.0 Å². The van der Waals surface area contributed by atoms with Gasteiger partial charge in [0.15, 0.2) is 0 Å². The number of hydrogen-bond donors (Lipinski definition) is 1. The predicted molar refractivity (Wildman–Crippen MR) is 75.1 cm³/mol. The van der Waals surface area contributed by atoms with E-state index in [0.717, 1.165) is 27.4 Å². The maximum Gasteiger partial charge on any atom is 0.111 e. The highest BCUT2D eigenvalue weighted by Gasteiger charge is 2.05. The lowest BCUT2D eigenvalue weighted by molar-refractivity contribution is 1.04. The van der Waals surface area contributed by atoms with Crippen molar-refractivity contribution in [3.05, 3.63) is 64.4 Å². The SMILES string of the molecule is N#Cc1ccc2nc(Cc3cccc(Cl)c3)[nH]c2c1. The van der Waals surface area contributed by atoms with Crippen LogP contribution in [0, 0.1) is 11.3 Å². The molecular weight excluding hydrogens is 258 g/mol. The standard InChI is InChI=1S/C15H10ClN3/c16-12-3-1-2-10(6-12)8-15-18-13-5-4-11(9-17)7-14(13)19-15/h1-7H,8H2,(H,18,19). The molecule has 0 aliphatic carbocycles. The first kappa shape index (κ1) is 11.8. The zero-order chi connectivity index (χ0) is 13.2. The third-order valence-corrected chi connectivity index (χ3v) is 3.16. The Morgan fingerprint density at radius 3 is 2.89 bits per heavy atom. The second-order valence-electron chi connectivity index (χ2n) is 4.33. The van der Waals surface area contributed by atoms with Gasteiger partial charge in [-0.25, -0.2) is 4.98 Å². The van der Waals surface area contributed by atoms with E-state index in [1.165, 1.54) is 0 Å². The van der Waals surface area contributed by atoms with E-state index >= 15 is 0 Å². The van der Waals surface area contributed by atoms with Crippen LogP contribution in [0.1, 0.15) is 17.0 Å². The molecule has 19 heavy (non-hydrogen) atoms. The van der Waals surface area contributed by atoms with Gasteiger partial charge in [-0.15, -0.1) is 0 Å². The molecular formula is C15H10ClN3. The number of aromatic nitrogens is 2. The van der Waals surface area contributed by atoms with Gasteiger partial charge in [0, 0.05) is 11.4 Å². The van der Waals surface area contributed by atoms with Crippen molar-refractivity contribution in [2.24, 2.45) is 0 Å². The van der Waals surface area contributed by atoms with Crippen LogP contribution < -0.4 is 0 Å². The van der Waals surface area contributed by atoms with Crippen molar-refractivity contribution < 1.29 is 0 Å². The molecule has 3 nitrogen and oxygen atoms in total. The molecule has 0 unspecified atom stereocenters. The minimum Gasteiger partial charge on any atom is -0.342 e. The first-order valence-corrected chi connectivity index (χ1v) is 6.25. The molecule has 92 valence electrons. The summed E-state index contributed by atoms with van der Waals surface area (Å²) < 4.78 is 0. The number of rotatable bonds is 2. The first-order valence-electron chi connectivity index (χ1n) is 5.88. The quantitative estimate of drug-likeness (QED) is 0.770. The summed E-state index contributed by atoms with van der Waals surface area (Å²) in [5.74, 6) is 0.868. The maximum absolute atomic E-state index is 8.87. The fourth-order valence-corrected chi connectivity index (χ4v) is 2.27. The van der Waals surface area contributed by atoms with Gasteiger partial charge < -0.3 is 4.98 Å². The average molecular weight is 268 g/mol. The zero-order valence-corrected chi connectivity index (χ0v) is 10.8. The van der Waals surface area contributed by atoms with Gasteiger partial charge in [0.25, 0.3) is 0 Å². The van der Waals surface area contributed by atoms with Gasteiger partial charge in [-0.3, -0.25) is 0 Å². The van der Waals surface area contributed by atoms with Crippen molar-refractivity contribution in [3.8, 4) is 6.07 Å². The van der Waals surface area contributed by atoms with E-state index in [9.17, 15) is 0 Å². The zero-order valence-electron chi connectivity index (χ0n) is 10.0. The topological polar surface area (TPSA) is 52.5 Å². The molecule has 3 rings (SSSR count). The highest BCUT2D eigenvalue weighted by molar-refractivity contribution is 6.30. The van der Waals surface area contributed by atoms with Crippen molar-refractivity contribution in [3.63, 3.8) is 0 Å². The van der Waals surface area contributed by atoms with Crippen LogP contribution in [0.15, 0.2) is 42.5 Å². The molecule has 0 atom stereocenters. The maximum atomic E-state index is 8.87. The number of nitrogens with zero attached hydrogens (tertiary/aromatic N) is 2. The van der Waals surface area contributed by atoms with Crippen LogP contribution in [0.2, 0.25) is 5.02 Å². The Hall–Kier alpha value is -2.31. The van der Waals surface area contributed by atoms with Crippen LogP contribution in [-0.4, -0.2) is 9.97 Å². The van der Waals surface area contributed by atoms with Crippen molar-refractivity contribution in [1.82, 2.24) is 9.97 Å². The lowest BCUT2D eigenvalue weighted by atomic mass is 10.1. The van der Waals surface area contributed by atoms with Gasteiger partial charge in [0.2, 0.25) is 0 Å². The van der Waals surface area contributed by atoms with E-state index in [-0.39, 0.29) is 0 Å². The predicted octanol–water partition coefficient (Wildman–Crippen LogP) is 3.68. The van der Waals surface area contributed by atoms with Crippen LogP contribution in [-0.2, 0) is 6.42 Å². The van der Waals surface area contributed by atoms with E-state index < -0.39 is 0 Å². The number of benzene rings is 2. The average Bonchev–Trinajstić information content (AvgIpc) is 2.79. The van der Waals surface area contributed by atoms with E-state index in [2.05, 4.69) is 16.0 Å². The van der Waals surface area contributed by atoms with Crippen molar-refractivity contribution in [1.29, 1.82) is 5.26 Å². The van der Waals surface area contributed by atoms with Crippen LogP contribution in [0.5, 0.6) is 0 Å². The second-order valence-corrected chi connectivity index (χ2v) is 4.77. The molecule has 3 aromatic rings. The highest BCUT2D eigenvalue weighted by atomic mass is 35.5. The van der Waals surface area contributed by atoms with E-state index in [0.29, 0.717) is 12.0 Å². The number of imidazole rings is 1. The molecule has 0 spiro atoms. The second kappa shape index (κ2) is 4.75. The Bertz CT molecular complexity index is 783. The van der Waals surface area contributed by atoms with Gasteiger partial charge in [0.05, 0.1) is 22.7 Å². The number of hydrogen-bond acceptors (Lipinski definition) is 2. The van der Waals surface area contributed by atoms with Gasteiger partial charge in [-0.1, -0.05) is 23.7 Å². The number of fused-ring (bicyclic) bond motifs is 1. The molecule has 2 aromatic carbocycles. The Balaban J connectivity index is 1.96. The number of halogens is 1. The van der Waals surface area contributed by atoms with Crippen LogP contribution in [0.3, 0.4) is 0 Å². The largest absolute Gasteiger partial charge is 0.342 e. The van der Waals surface area contributed by atoms with Gasteiger partial charge >= 0.3 is 0 Å². The summed E-state index contributed by atoms with van der Waals surface area (Å²) in [6.45, 7) is 0. The molecule has 1 N–H and O–H groups in total. The molecule has 0 saturated heterocycles. The fourth-order valence-electron chi connectivity index (χ4n) is 2.06. The monoisotopic (exact) mass is 267 g/mol. The number of nitriles is 1. The lowest BCUT2D eigenvalue weighted by Gasteiger charge is -1.98. The Labute approximate surface area is 115 Å². The lowest BCUT2D eigenvalue weighted by Crippen LogP contribution is -1.90. The van der Waals surface area contributed by atoms with Gasteiger partial charge in [-0.05, 0) is 35.9 Å². The molecule has 0 fully saturated rings. The summed E-state index contributed by atoms with van der Waals surface area (Å²) in [5, 5.41) is 9.59. The van der Waals surface area contributed by atoms with Gasteiger partial charge in [0.1, 0.15) is 5.82 Å². The minimum absolute atomic E-state index is 0.630. The highest BCUT2D eigenvalue weighted by Crippen LogP contribution is 2.17. The minimum atomic E-state index is 0.630. The summed E-state index contributed by atoms with van der Waals surface area (Å²) in [5.41, 5.74) is 3.49. The van der Waals surface area contributed by atoms with Crippen LogP contribution >= 0.6 is 11.6 Å². The fraction of sp³-hybridized carbons (Fsp3) is 0.0667. The molecule has 1 aromatic heterocycles. The molecule has 0 bridgehead atoms. The summed E-state index contributed by atoms with van der Waals surface area (Å²) in [6, 6.07) is 15.3. The molecule has 1 heterocycles. The number of H-pyrrole nitrogens is 1. The van der Waals surface area contributed by atoms with E-state index in [4.69, 9.17) is 16.9 Å².